The Morgan fingerprint density at radius 3 is 2.38 bits per heavy atom. The fourth-order valence-corrected chi connectivity index (χ4v) is 1.59. The molecule has 0 bridgehead atoms. The fraction of sp³-hybridized carbons (Fsp3) is 0. The van der Waals surface area contributed by atoms with Crippen molar-refractivity contribution in [2.75, 3.05) is 0 Å². The molecule has 2 rings (SSSR count). The largest absolute Gasteiger partial charge is 0.131 e. The van der Waals surface area contributed by atoms with Crippen molar-refractivity contribution in [1.82, 2.24) is 0 Å². The van der Waals surface area contributed by atoms with Crippen molar-refractivity contribution in [3.05, 3.63) is 48.0 Å². The highest BCUT2D eigenvalue weighted by molar-refractivity contribution is 8.11. The summed E-state index contributed by atoms with van der Waals surface area (Å²) in [5.41, 5.74) is 1.01. The highest BCUT2D eigenvalue weighted by Gasteiger charge is 1.97. The van der Waals surface area contributed by atoms with Crippen LogP contribution in [0.5, 0.6) is 0 Å². The Bertz CT molecular complexity index is 460. The molecule has 0 N–H and O–H groups in total. The van der Waals surface area contributed by atoms with Crippen LogP contribution in [-0.2, 0) is 0 Å². The first kappa shape index (κ1) is 8.73. The lowest BCUT2D eigenvalue weighted by Crippen LogP contribution is -1.85. The molecule has 2 heteroatoms. The van der Waals surface area contributed by atoms with Crippen LogP contribution in [0.3, 0.4) is 0 Å². The molecule has 2 aromatic rings. The Kier molecular flexibility index (Phi) is 2.34. The van der Waals surface area contributed by atoms with E-state index in [2.05, 4.69) is 36.9 Å². The quantitative estimate of drug-likeness (QED) is 0.548. The van der Waals surface area contributed by atoms with E-state index in [-0.39, 0.29) is 0 Å². The minimum atomic E-state index is 0.644. The van der Waals surface area contributed by atoms with Crippen molar-refractivity contribution in [1.29, 1.82) is 0 Å². The Balaban J connectivity index is 2.69. The third kappa shape index (κ3) is 1.74. The number of fused-ring (bicyclic) bond motifs is 1. The molecular weight excluding hydrogens is 196 g/mol. The van der Waals surface area contributed by atoms with Crippen LogP contribution in [0.25, 0.3) is 10.8 Å². The molecule has 13 heavy (non-hydrogen) atoms. The molecule has 0 nitrogen and oxygen atoms in total. The summed E-state index contributed by atoms with van der Waals surface area (Å²) in [5.74, 6) is 0. The molecule has 0 unspecified atom stereocenters. The summed E-state index contributed by atoms with van der Waals surface area (Å²) in [6.07, 6.45) is 0. The maximum atomic E-state index is 4.99. The molecule has 0 aliphatic rings. The van der Waals surface area contributed by atoms with Crippen LogP contribution >= 0.6 is 24.8 Å². The van der Waals surface area contributed by atoms with Crippen LogP contribution in [0.4, 0.5) is 0 Å². The average molecular weight is 204 g/mol. The summed E-state index contributed by atoms with van der Waals surface area (Å²) in [7, 11) is 0. The van der Waals surface area contributed by atoms with Crippen LogP contribution in [0, 0.1) is 0 Å². The van der Waals surface area contributed by atoms with Gasteiger partial charge in [-0.25, -0.2) is 0 Å². The van der Waals surface area contributed by atoms with Crippen molar-refractivity contribution in [2.45, 2.75) is 0 Å². The molecular formula is C11H8S2. The van der Waals surface area contributed by atoms with E-state index in [4.69, 9.17) is 12.2 Å². The summed E-state index contributed by atoms with van der Waals surface area (Å²) in [6, 6.07) is 14.3. The molecule has 2 aromatic carbocycles. The van der Waals surface area contributed by atoms with E-state index in [0.717, 1.165) is 5.56 Å². The standard InChI is InChI=1S/C11H8S2/c12-11(13)10-6-5-8-3-1-2-4-9(8)7-10/h1-7H,(H,12,13). The van der Waals surface area contributed by atoms with Gasteiger partial charge in [-0.05, 0) is 22.4 Å². The van der Waals surface area contributed by atoms with Gasteiger partial charge in [0.25, 0.3) is 0 Å². The molecule has 0 heterocycles. The van der Waals surface area contributed by atoms with Crippen molar-refractivity contribution in [3.8, 4) is 0 Å². The van der Waals surface area contributed by atoms with Crippen LogP contribution in [-0.4, -0.2) is 4.20 Å². The van der Waals surface area contributed by atoms with Gasteiger partial charge >= 0.3 is 0 Å². The Morgan fingerprint density at radius 1 is 1.00 bits per heavy atom. The topological polar surface area (TPSA) is 0 Å². The van der Waals surface area contributed by atoms with E-state index >= 15 is 0 Å². The zero-order chi connectivity index (χ0) is 9.26. The second-order valence-corrected chi connectivity index (χ2v) is 4.03. The summed E-state index contributed by atoms with van der Waals surface area (Å²) in [4.78, 5) is 0. The van der Waals surface area contributed by atoms with E-state index in [9.17, 15) is 0 Å². The molecule has 0 amide bonds. The summed E-state index contributed by atoms with van der Waals surface area (Å²) < 4.78 is 0.644. The average Bonchev–Trinajstić information content (AvgIpc) is 2.17. The number of rotatable bonds is 1. The van der Waals surface area contributed by atoms with Gasteiger partial charge in [0.1, 0.15) is 0 Å². The second-order valence-electron chi connectivity index (χ2n) is 2.87. The lowest BCUT2D eigenvalue weighted by molar-refractivity contribution is 1.73. The maximum absolute atomic E-state index is 4.99. The van der Waals surface area contributed by atoms with Crippen LogP contribution < -0.4 is 0 Å². The number of thiocarbonyl (C=S) groups is 1. The number of hydrogen-bond donors (Lipinski definition) is 1. The maximum Gasteiger partial charge on any atom is 0.0748 e. The first-order valence-electron chi connectivity index (χ1n) is 3.99. The van der Waals surface area contributed by atoms with Crippen LogP contribution in [0.2, 0.25) is 0 Å². The smallest absolute Gasteiger partial charge is 0.0748 e. The Labute approximate surface area is 88.0 Å². The number of thiol groups is 1. The molecule has 0 atom stereocenters. The zero-order valence-electron chi connectivity index (χ0n) is 6.90. The molecule has 0 fully saturated rings. The summed E-state index contributed by atoms with van der Waals surface area (Å²) in [5, 5.41) is 2.44. The first-order valence-corrected chi connectivity index (χ1v) is 4.85. The predicted molar refractivity (Wildman–Crippen MR) is 64.6 cm³/mol. The van der Waals surface area contributed by atoms with Gasteiger partial charge in [0.05, 0.1) is 4.20 Å². The van der Waals surface area contributed by atoms with Gasteiger partial charge in [0.15, 0.2) is 0 Å². The van der Waals surface area contributed by atoms with E-state index in [0.29, 0.717) is 4.20 Å². The van der Waals surface area contributed by atoms with Crippen molar-refractivity contribution >= 4 is 39.8 Å². The van der Waals surface area contributed by atoms with E-state index < -0.39 is 0 Å². The molecule has 0 aliphatic carbocycles. The van der Waals surface area contributed by atoms with Gasteiger partial charge in [0.2, 0.25) is 0 Å². The van der Waals surface area contributed by atoms with Gasteiger partial charge in [-0.1, -0.05) is 48.6 Å². The fourth-order valence-electron chi connectivity index (χ4n) is 1.32. The van der Waals surface area contributed by atoms with E-state index in [1.165, 1.54) is 10.8 Å². The zero-order valence-corrected chi connectivity index (χ0v) is 8.61. The lowest BCUT2D eigenvalue weighted by Gasteiger charge is -2.00. The van der Waals surface area contributed by atoms with Crippen molar-refractivity contribution in [3.63, 3.8) is 0 Å². The molecule has 0 aliphatic heterocycles. The van der Waals surface area contributed by atoms with Gasteiger partial charge in [-0.15, -0.1) is 12.6 Å². The van der Waals surface area contributed by atoms with Crippen molar-refractivity contribution < 1.29 is 0 Å². The van der Waals surface area contributed by atoms with Gasteiger partial charge < -0.3 is 0 Å². The summed E-state index contributed by atoms with van der Waals surface area (Å²) in [6.45, 7) is 0. The van der Waals surface area contributed by atoms with E-state index in [1.54, 1.807) is 0 Å². The molecule has 0 saturated carbocycles. The minimum absolute atomic E-state index is 0.644. The van der Waals surface area contributed by atoms with Crippen LogP contribution in [0.15, 0.2) is 42.5 Å². The third-order valence-electron chi connectivity index (χ3n) is 2.00. The van der Waals surface area contributed by atoms with Gasteiger partial charge in [-0.3, -0.25) is 0 Å². The highest BCUT2D eigenvalue weighted by atomic mass is 32.1. The highest BCUT2D eigenvalue weighted by Crippen LogP contribution is 2.16. The second kappa shape index (κ2) is 3.48. The third-order valence-corrected chi connectivity index (χ3v) is 2.49. The summed E-state index contributed by atoms with van der Waals surface area (Å²) >= 11 is 9.13. The van der Waals surface area contributed by atoms with Gasteiger partial charge in [-0.2, -0.15) is 0 Å². The van der Waals surface area contributed by atoms with Crippen molar-refractivity contribution in [2.24, 2.45) is 0 Å². The molecule has 0 radical (unpaired) electrons. The number of benzene rings is 2. The lowest BCUT2D eigenvalue weighted by atomic mass is 10.1. The SMILES string of the molecule is S=C(S)c1ccc2ccccc2c1. The molecule has 0 spiro atoms. The Hall–Kier alpha value is -0.860. The van der Waals surface area contributed by atoms with Crippen LogP contribution in [0.1, 0.15) is 5.56 Å². The Morgan fingerprint density at radius 2 is 1.69 bits per heavy atom. The number of hydrogen-bond acceptors (Lipinski definition) is 1. The van der Waals surface area contributed by atoms with Gasteiger partial charge in [0, 0.05) is 0 Å². The predicted octanol–water partition coefficient (Wildman–Crippen LogP) is 3.45. The monoisotopic (exact) mass is 204 g/mol. The van der Waals surface area contributed by atoms with E-state index in [1.807, 2.05) is 18.2 Å². The molecule has 0 aromatic heterocycles. The first-order chi connectivity index (χ1) is 6.27. The minimum Gasteiger partial charge on any atom is -0.131 e. The normalized spacial score (nSPS) is 10.2. The molecule has 64 valence electrons. The molecule has 0 saturated heterocycles.